The maximum absolute atomic E-state index is 5.36. The number of methoxy groups -OCH3 is 1. The van der Waals surface area contributed by atoms with E-state index in [4.69, 9.17) is 4.74 Å². The van der Waals surface area contributed by atoms with Gasteiger partial charge in [0.05, 0.1) is 7.11 Å². The van der Waals surface area contributed by atoms with Crippen LogP contribution in [0, 0.1) is 0 Å². The average molecular weight is 234 g/mol. The summed E-state index contributed by atoms with van der Waals surface area (Å²) in [5.41, 5.74) is 1.32. The third-order valence-electron chi connectivity index (χ3n) is 3.32. The summed E-state index contributed by atoms with van der Waals surface area (Å²) in [6, 6.07) is 8.32. The Hall–Kier alpha value is -1.06. The Balaban J connectivity index is 1.77. The van der Waals surface area contributed by atoms with Crippen LogP contribution in [0.4, 0.5) is 0 Å². The maximum Gasteiger partial charge on any atom is 0.122 e. The molecule has 0 spiro atoms. The van der Waals surface area contributed by atoms with Gasteiger partial charge in [0.15, 0.2) is 0 Å². The van der Waals surface area contributed by atoms with E-state index in [0.717, 1.165) is 25.3 Å². The largest absolute Gasteiger partial charge is 0.496 e. The molecule has 0 amide bonds. The van der Waals surface area contributed by atoms with Gasteiger partial charge in [0.2, 0.25) is 0 Å². The SMILES string of the molecule is COc1ccccc1CCCN1CCNCC1. The molecule has 0 atom stereocenters. The molecule has 1 aromatic carbocycles. The first kappa shape index (κ1) is 12.4. The molecule has 0 aromatic heterocycles. The van der Waals surface area contributed by atoms with E-state index in [-0.39, 0.29) is 0 Å². The van der Waals surface area contributed by atoms with Crippen molar-refractivity contribution >= 4 is 0 Å². The molecule has 1 saturated heterocycles. The van der Waals surface area contributed by atoms with Gasteiger partial charge < -0.3 is 15.0 Å². The molecule has 0 unspecified atom stereocenters. The smallest absolute Gasteiger partial charge is 0.122 e. The first-order chi connectivity index (χ1) is 8.40. The maximum atomic E-state index is 5.36. The fourth-order valence-corrected chi connectivity index (χ4v) is 2.34. The molecule has 3 heteroatoms. The van der Waals surface area contributed by atoms with Crippen LogP contribution >= 0.6 is 0 Å². The summed E-state index contributed by atoms with van der Waals surface area (Å²) in [7, 11) is 1.75. The molecule has 1 fully saturated rings. The lowest BCUT2D eigenvalue weighted by molar-refractivity contribution is 0.238. The highest BCUT2D eigenvalue weighted by molar-refractivity contribution is 5.33. The van der Waals surface area contributed by atoms with Gasteiger partial charge in [-0.2, -0.15) is 0 Å². The van der Waals surface area contributed by atoms with E-state index in [2.05, 4.69) is 22.3 Å². The second-order valence-corrected chi connectivity index (χ2v) is 4.51. The van der Waals surface area contributed by atoms with Gasteiger partial charge in [-0.25, -0.2) is 0 Å². The molecule has 0 bridgehead atoms. The monoisotopic (exact) mass is 234 g/mol. The van der Waals surface area contributed by atoms with E-state index in [9.17, 15) is 0 Å². The molecule has 0 radical (unpaired) electrons. The molecule has 1 aromatic rings. The van der Waals surface area contributed by atoms with Crippen molar-refractivity contribution in [1.29, 1.82) is 0 Å². The van der Waals surface area contributed by atoms with Crippen LogP contribution < -0.4 is 10.1 Å². The van der Waals surface area contributed by atoms with Gasteiger partial charge in [-0.15, -0.1) is 0 Å². The fourth-order valence-electron chi connectivity index (χ4n) is 2.34. The zero-order valence-electron chi connectivity index (χ0n) is 10.6. The molecule has 3 nitrogen and oxygen atoms in total. The normalized spacial score (nSPS) is 17.0. The molecule has 1 heterocycles. The average Bonchev–Trinajstić information content (AvgIpc) is 2.40. The van der Waals surface area contributed by atoms with Gasteiger partial charge in [0.25, 0.3) is 0 Å². The topological polar surface area (TPSA) is 24.5 Å². The predicted molar refractivity (Wildman–Crippen MR) is 70.6 cm³/mol. The highest BCUT2D eigenvalue weighted by atomic mass is 16.5. The van der Waals surface area contributed by atoms with Crippen LogP contribution in [0.25, 0.3) is 0 Å². The Morgan fingerprint density at radius 3 is 2.76 bits per heavy atom. The molecule has 94 valence electrons. The Labute approximate surface area is 104 Å². The van der Waals surface area contributed by atoms with Crippen LogP contribution in [0.15, 0.2) is 24.3 Å². The van der Waals surface area contributed by atoms with Crippen molar-refractivity contribution in [2.45, 2.75) is 12.8 Å². The number of para-hydroxylation sites is 1. The van der Waals surface area contributed by atoms with Crippen molar-refractivity contribution in [2.24, 2.45) is 0 Å². The van der Waals surface area contributed by atoms with E-state index in [1.54, 1.807) is 7.11 Å². The Morgan fingerprint density at radius 2 is 2.00 bits per heavy atom. The van der Waals surface area contributed by atoms with Gasteiger partial charge in [0.1, 0.15) is 5.75 Å². The molecule has 1 aliphatic rings. The summed E-state index contributed by atoms with van der Waals surface area (Å²) < 4.78 is 5.36. The number of ether oxygens (including phenoxy) is 1. The van der Waals surface area contributed by atoms with Gasteiger partial charge in [-0.3, -0.25) is 0 Å². The standard InChI is InChI=1S/C14H22N2O/c1-17-14-7-3-2-5-13(14)6-4-10-16-11-8-15-9-12-16/h2-3,5,7,15H,4,6,8-12H2,1H3. The van der Waals surface area contributed by atoms with Crippen molar-refractivity contribution in [2.75, 3.05) is 39.8 Å². The summed E-state index contributed by atoms with van der Waals surface area (Å²) in [5, 5.41) is 3.38. The second-order valence-electron chi connectivity index (χ2n) is 4.51. The number of piperazine rings is 1. The molecule has 2 rings (SSSR count). The van der Waals surface area contributed by atoms with Crippen molar-refractivity contribution < 1.29 is 4.74 Å². The first-order valence-corrected chi connectivity index (χ1v) is 6.45. The minimum absolute atomic E-state index is 1.02. The Bertz CT molecular complexity index is 335. The van der Waals surface area contributed by atoms with E-state index < -0.39 is 0 Å². The zero-order valence-corrected chi connectivity index (χ0v) is 10.6. The molecule has 0 saturated carbocycles. The number of hydrogen-bond donors (Lipinski definition) is 1. The van der Waals surface area contributed by atoms with Crippen molar-refractivity contribution in [3.63, 3.8) is 0 Å². The van der Waals surface area contributed by atoms with Crippen LogP contribution in [-0.2, 0) is 6.42 Å². The predicted octanol–water partition coefficient (Wildman–Crippen LogP) is 1.53. The number of benzene rings is 1. The van der Waals surface area contributed by atoms with Gasteiger partial charge in [-0.1, -0.05) is 18.2 Å². The zero-order chi connectivity index (χ0) is 11.9. The van der Waals surface area contributed by atoms with Gasteiger partial charge in [0, 0.05) is 26.2 Å². The number of nitrogens with zero attached hydrogens (tertiary/aromatic N) is 1. The fraction of sp³-hybridized carbons (Fsp3) is 0.571. The minimum Gasteiger partial charge on any atom is -0.496 e. The number of nitrogens with one attached hydrogen (secondary N) is 1. The molecule has 1 N–H and O–H groups in total. The van der Waals surface area contributed by atoms with Gasteiger partial charge >= 0.3 is 0 Å². The summed E-state index contributed by atoms with van der Waals surface area (Å²) in [4.78, 5) is 2.53. The van der Waals surface area contributed by atoms with Crippen LogP contribution in [0.3, 0.4) is 0 Å². The second kappa shape index (κ2) is 6.62. The quantitative estimate of drug-likeness (QED) is 0.836. The van der Waals surface area contributed by atoms with Crippen molar-refractivity contribution in [3.8, 4) is 5.75 Å². The lowest BCUT2D eigenvalue weighted by Gasteiger charge is -2.27. The molecule has 17 heavy (non-hydrogen) atoms. The van der Waals surface area contributed by atoms with Crippen LogP contribution in [0.5, 0.6) is 5.75 Å². The molecular weight excluding hydrogens is 212 g/mol. The molecule has 0 aliphatic carbocycles. The van der Waals surface area contributed by atoms with Crippen LogP contribution in [-0.4, -0.2) is 44.7 Å². The van der Waals surface area contributed by atoms with Crippen LogP contribution in [0.2, 0.25) is 0 Å². The third-order valence-corrected chi connectivity index (χ3v) is 3.32. The Kier molecular flexibility index (Phi) is 4.83. The lowest BCUT2D eigenvalue weighted by Crippen LogP contribution is -2.43. The number of aryl methyl sites for hydroxylation is 1. The highest BCUT2D eigenvalue weighted by Gasteiger charge is 2.09. The Morgan fingerprint density at radius 1 is 1.24 bits per heavy atom. The summed E-state index contributed by atoms with van der Waals surface area (Å²) >= 11 is 0. The lowest BCUT2D eigenvalue weighted by atomic mass is 10.1. The minimum atomic E-state index is 1.02. The summed E-state index contributed by atoms with van der Waals surface area (Å²) in [6.45, 7) is 5.83. The van der Waals surface area contributed by atoms with E-state index in [1.165, 1.54) is 31.6 Å². The van der Waals surface area contributed by atoms with E-state index in [1.807, 2.05) is 12.1 Å². The van der Waals surface area contributed by atoms with Crippen LogP contribution in [0.1, 0.15) is 12.0 Å². The number of hydrogen-bond acceptors (Lipinski definition) is 3. The van der Waals surface area contributed by atoms with E-state index in [0.29, 0.717) is 0 Å². The highest BCUT2D eigenvalue weighted by Crippen LogP contribution is 2.18. The number of rotatable bonds is 5. The summed E-state index contributed by atoms with van der Waals surface area (Å²) in [6.07, 6.45) is 2.31. The molecule has 1 aliphatic heterocycles. The van der Waals surface area contributed by atoms with Gasteiger partial charge in [-0.05, 0) is 31.0 Å². The first-order valence-electron chi connectivity index (χ1n) is 6.45. The van der Waals surface area contributed by atoms with E-state index >= 15 is 0 Å². The van der Waals surface area contributed by atoms with Crippen molar-refractivity contribution in [3.05, 3.63) is 29.8 Å². The molecular formula is C14H22N2O. The summed E-state index contributed by atoms with van der Waals surface area (Å²) in [5.74, 6) is 1.02. The third kappa shape index (κ3) is 3.72. The van der Waals surface area contributed by atoms with Crippen molar-refractivity contribution in [1.82, 2.24) is 10.2 Å².